The molecule has 0 amide bonds. The van der Waals surface area contributed by atoms with Crippen LogP contribution in [0.15, 0.2) is 4.47 Å². The number of halogens is 1. The monoisotopic (exact) mass is 328 g/mol. The van der Waals surface area contributed by atoms with Gasteiger partial charge in [-0.3, -0.25) is 4.68 Å². The molecule has 0 spiro atoms. The topological polar surface area (TPSA) is 27.1 Å². The van der Waals surface area contributed by atoms with Crippen molar-refractivity contribution in [2.75, 3.05) is 6.61 Å². The molecular formula is C15H25BrN2O. The normalized spacial score (nSPS) is 23.8. The van der Waals surface area contributed by atoms with Crippen LogP contribution in [0.5, 0.6) is 0 Å². The molecule has 108 valence electrons. The molecule has 0 radical (unpaired) electrons. The summed E-state index contributed by atoms with van der Waals surface area (Å²) >= 11 is 3.63. The Hall–Kier alpha value is -0.350. The molecule has 0 N–H and O–H groups in total. The van der Waals surface area contributed by atoms with Crippen molar-refractivity contribution < 1.29 is 4.74 Å². The van der Waals surface area contributed by atoms with Crippen molar-refractivity contribution in [1.82, 2.24) is 9.78 Å². The minimum Gasteiger partial charge on any atom is -0.375 e. The van der Waals surface area contributed by atoms with E-state index in [1.54, 1.807) is 0 Å². The van der Waals surface area contributed by atoms with Crippen LogP contribution in [0.1, 0.15) is 50.9 Å². The third-order valence-electron chi connectivity index (χ3n) is 4.14. The molecule has 1 aliphatic rings. The van der Waals surface area contributed by atoms with Crippen LogP contribution in [0.2, 0.25) is 0 Å². The molecule has 1 aromatic rings. The Morgan fingerprint density at radius 3 is 2.84 bits per heavy atom. The standard InChI is InChI=1S/C15H25BrN2O/c1-4-13-15(16)14(18(3)17-13)10-19-9-12-7-5-6-11(2)8-12/h11-12H,4-10H2,1-3H3. The zero-order valence-corrected chi connectivity index (χ0v) is 13.9. The largest absolute Gasteiger partial charge is 0.375 e. The first-order chi connectivity index (χ1) is 9.11. The summed E-state index contributed by atoms with van der Waals surface area (Å²) in [5, 5.41) is 4.50. The van der Waals surface area contributed by atoms with Crippen molar-refractivity contribution in [3.8, 4) is 0 Å². The van der Waals surface area contributed by atoms with Gasteiger partial charge in [-0.15, -0.1) is 0 Å². The third-order valence-corrected chi connectivity index (χ3v) is 5.06. The molecule has 0 bridgehead atoms. The van der Waals surface area contributed by atoms with Crippen LogP contribution < -0.4 is 0 Å². The first kappa shape index (κ1) is 15.0. The molecule has 4 heteroatoms. The zero-order valence-electron chi connectivity index (χ0n) is 12.3. The summed E-state index contributed by atoms with van der Waals surface area (Å²) in [4.78, 5) is 0. The van der Waals surface area contributed by atoms with Crippen molar-refractivity contribution in [2.24, 2.45) is 18.9 Å². The van der Waals surface area contributed by atoms with Crippen LogP contribution in [0.3, 0.4) is 0 Å². The van der Waals surface area contributed by atoms with E-state index in [9.17, 15) is 0 Å². The number of nitrogens with zero attached hydrogens (tertiary/aromatic N) is 2. The van der Waals surface area contributed by atoms with E-state index in [4.69, 9.17) is 4.74 Å². The predicted octanol–water partition coefficient (Wildman–Crippen LogP) is 4.09. The Labute approximate surface area is 124 Å². The maximum atomic E-state index is 5.94. The molecule has 2 unspecified atom stereocenters. The lowest BCUT2D eigenvalue weighted by molar-refractivity contribution is 0.0622. The van der Waals surface area contributed by atoms with Gasteiger partial charge in [-0.2, -0.15) is 5.10 Å². The molecule has 1 fully saturated rings. The molecule has 1 saturated carbocycles. The maximum absolute atomic E-state index is 5.94. The Balaban J connectivity index is 1.84. The van der Waals surface area contributed by atoms with E-state index in [-0.39, 0.29) is 0 Å². The summed E-state index contributed by atoms with van der Waals surface area (Å²) in [7, 11) is 1.99. The Bertz CT molecular complexity index is 417. The van der Waals surface area contributed by atoms with Crippen molar-refractivity contribution in [2.45, 2.75) is 52.6 Å². The van der Waals surface area contributed by atoms with E-state index >= 15 is 0 Å². The minimum absolute atomic E-state index is 0.662. The van der Waals surface area contributed by atoms with Crippen LogP contribution in [0, 0.1) is 11.8 Å². The Morgan fingerprint density at radius 2 is 2.21 bits per heavy atom. The van der Waals surface area contributed by atoms with Crippen LogP contribution in [0.25, 0.3) is 0 Å². The molecule has 1 aliphatic carbocycles. The quantitative estimate of drug-likeness (QED) is 0.814. The second-order valence-corrected chi connectivity index (χ2v) is 6.63. The lowest BCUT2D eigenvalue weighted by atomic mass is 9.83. The molecule has 0 saturated heterocycles. The molecule has 19 heavy (non-hydrogen) atoms. The maximum Gasteiger partial charge on any atom is 0.0896 e. The molecule has 2 atom stereocenters. The van der Waals surface area contributed by atoms with Gasteiger partial charge in [0.25, 0.3) is 0 Å². The molecule has 3 nitrogen and oxygen atoms in total. The molecular weight excluding hydrogens is 304 g/mol. The highest BCUT2D eigenvalue weighted by Gasteiger charge is 2.19. The fourth-order valence-electron chi connectivity index (χ4n) is 3.01. The number of ether oxygens (including phenoxy) is 1. The van der Waals surface area contributed by atoms with Gasteiger partial charge < -0.3 is 4.74 Å². The van der Waals surface area contributed by atoms with Crippen LogP contribution in [-0.2, 0) is 24.8 Å². The van der Waals surface area contributed by atoms with Gasteiger partial charge in [-0.05, 0) is 47.0 Å². The summed E-state index contributed by atoms with van der Waals surface area (Å²) in [5.41, 5.74) is 2.27. The average Bonchev–Trinajstić information content (AvgIpc) is 2.66. The van der Waals surface area contributed by atoms with Gasteiger partial charge in [-0.25, -0.2) is 0 Å². The highest BCUT2D eigenvalue weighted by Crippen LogP contribution is 2.29. The second kappa shape index (κ2) is 6.89. The number of aryl methyl sites for hydroxylation is 2. The van der Waals surface area contributed by atoms with Crippen molar-refractivity contribution in [1.29, 1.82) is 0 Å². The summed E-state index contributed by atoms with van der Waals surface area (Å²) in [6, 6.07) is 0. The number of aromatic nitrogens is 2. The number of hydrogen-bond donors (Lipinski definition) is 0. The summed E-state index contributed by atoms with van der Waals surface area (Å²) in [6.07, 6.45) is 6.37. The fourth-order valence-corrected chi connectivity index (χ4v) is 3.74. The minimum atomic E-state index is 0.662. The van der Waals surface area contributed by atoms with Gasteiger partial charge in [0.1, 0.15) is 0 Å². The Kier molecular flexibility index (Phi) is 5.46. The highest BCUT2D eigenvalue weighted by molar-refractivity contribution is 9.10. The predicted molar refractivity (Wildman–Crippen MR) is 81.1 cm³/mol. The SMILES string of the molecule is CCc1nn(C)c(COCC2CCCC(C)C2)c1Br. The van der Waals surface area contributed by atoms with E-state index < -0.39 is 0 Å². The van der Waals surface area contributed by atoms with Gasteiger partial charge in [0.15, 0.2) is 0 Å². The second-order valence-electron chi connectivity index (χ2n) is 5.84. The molecule has 1 aromatic heterocycles. The van der Waals surface area contributed by atoms with Crippen LogP contribution >= 0.6 is 15.9 Å². The van der Waals surface area contributed by atoms with E-state index in [2.05, 4.69) is 34.9 Å². The summed E-state index contributed by atoms with van der Waals surface area (Å²) in [6.45, 7) is 6.04. The van der Waals surface area contributed by atoms with E-state index in [1.807, 2.05) is 11.7 Å². The van der Waals surface area contributed by atoms with Gasteiger partial charge in [-0.1, -0.05) is 26.7 Å². The third kappa shape index (κ3) is 3.82. The van der Waals surface area contributed by atoms with E-state index in [1.165, 1.54) is 25.7 Å². The first-order valence-electron chi connectivity index (χ1n) is 7.39. The van der Waals surface area contributed by atoms with Crippen molar-refractivity contribution in [3.63, 3.8) is 0 Å². The van der Waals surface area contributed by atoms with Crippen LogP contribution in [-0.4, -0.2) is 16.4 Å². The smallest absolute Gasteiger partial charge is 0.0896 e. The lowest BCUT2D eigenvalue weighted by Gasteiger charge is -2.26. The first-order valence-corrected chi connectivity index (χ1v) is 8.19. The summed E-state index contributed by atoms with van der Waals surface area (Å²) in [5.74, 6) is 1.62. The molecule has 1 heterocycles. The van der Waals surface area contributed by atoms with Crippen molar-refractivity contribution in [3.05, 3.63) is 15.9 Å². The van der Waals surface area contributed by atoms with E-state index in [0.717, 1.165) is 40.7 Å². The molecule has 2 rings (SSSR count). The van der Waals surface area contributed by atoms with Gasteiger partial charge in [0.05, 0.1) is 22.5 Å². The highest BCUT2D eigenvalue weighted by atomic mass is 79.9. The van der Waals surface area contributed by atoms with Gasteiger partial charge >= 0.3 is 0 Å². The Morgan fingerprint density at radius 1 is 1.42 bits per heavy atom. The van der Waals surface area contributed by atoms with E-state index in [0.29, 0.717) is 6.61 Å². The van der Waals surface area contributed by atoms with Crippen molar-refractivity contribution >= 4 is 15.9 Å². The number of hydrogen-bond acceptors (Lipinski definition) is 2. The number of rotatable bonds is 5. The molecule has 0 aliphatic heterocycles. The molecule has 0 aromatic carbocycles. The fraction of sp³-hybridized carbons (Fsp3) is 0.800. The van der Waals surface area contributed by atoms with Gasteiger partial charge in [0, 0.05) is 13.7 Å². The zero-order chi connectivity index (χ0) is 13.8. The average molecular weight is 329 g/mol. The van der Waals surface area contributed by atoms with Crippen LogP contribution in [0.4, 0.5) is 0 Å². The summed E-state index contributed by atoms with van der Waals surface area (Å²) < 4.78 is 8.99. The van der Waals surface area contributed by atoms with Gasteiger partial charge in [0.2, 0.25) is 0 Å². The lowest BCUT2D eigenvalue weighted by Crippen LogP contribution is -2.18.